The Morgan fingerprint density at radius 1 is 0.818 bits per heavy atom. The molecule has 0 amide bonds. The minimum Gasteiger partial charge on any atom is -0.369 e. The van der Waals surface area contributed by atoms with Crippen molar-refractivity contribution in [3.05, 3.63) is 90.1 Å². The smallest absolute Gasteiger partial charge is 0.0650 e. The molecule has 1 saturated carbocycles. The van der Waals surface area contributed by atoms with Crippen LogP contribution in [0.25, 0.3) is 5.57 Å². The fraction of sp³-hybridized carbons (Fsp3) is 0.433. The minimum atomic E-state index is 0.796. The first-order valence-electron chi connectivity index (χ1n) is 12.7. The second kappa shape index (κ2) is 13.2. The van der Waals surface area contributed by atoms with Crippen LogP contribution in [0.4, 0.5) is 0 Å². The van der Waals surface area contributed by atoms with E-state index in [2.05, 4.69) is 82.0 Å². The molecule has 0 N–H and O–H groups in total. The van der Waals surface area contributed by atoms with Gasteiger partial charge in [0.25, 0.3) is 0 Å². The summed E-state index contributed by atoms with van der Waals surface area (Å²) < 4.78 is 0. The van der Waals surface area contributed by atoms with Crippen molar-refractivity contribution < 1.29 is 0 Å². The van der Waals surface area contributed by atoms with E-state index in [1.807, 2.05) is 27.0 Å². The Kier molecular flexibility index (Phi) is 9.96. The van der Waals surface area contributed by atoms with E-state index in [0.29, 0.717) is 0 Å². The summed E-state index contributed by atoms with van der Waals surface area (Å²) in [4.78, 5) is 9.79. The molecule has 0 aromatic heterocycles. The molecule has 2 fully saturated rings. The quantitative estimate of drug-likeness (QED) is 0.366. The Morgan fingerprint density at radius 3 is 1.91 bits per heavy atom. The summed E-state index contributed by atoms with van der Waals surface area (Å²) in [6.07, 6.45) is 9.18. The molecule has 1 heterocycles. The van der Waals surface area contributed by atoms with Gasteiger partial charge in [-0.15, -0.1) is 0 Å². The summed E-state index contributed by atoms with van der Waals surface area (Å²) in [5.41, 5.74) is 5.58. The first kappa shape index (κ1) is 25.0. The van der Waals surface area contributed by atoms with Crippen molar-refractivity contribution in [2.45, 2.75) is 52.0 Å². The fourth-order valence-electron chi connectivity index (χ4n) is 4.95. The summed E-state index contributed by atoms with van der Waals surface area (Å²) in [5.74, 6) is 0. The molecule has 1 aliphatic carbocycles. The first-order valence-corrected chi connectivity index (χ1v) is 12.7. The molecular formula is C30H41N3. The van der Waals surface area contributed by atoms with Crippen molar-refractivity contribution in [2.24, 2.45) is 4.99 Å². The number of benzene rings is 2. The molecule has 1 aliphatic heterocycles. The van der Waals surface area contributed by atoms with Crippen LogP contribution >= 0.6 is 0 Å². The van der Waals surface area contributed by atoms with Gasteiger partial charge in [-0.2, -0.15) is 0 Å². The summed E-state index contributed by atoms with van der Waals surface area (Å²) in [6.45, 7) is 12.9. The van der Waals surface area contributed by atoms with Crippen LogP contribution in [-0.4, -0.2) is 54.8 Å². The van der Waals surface area contributed by atoms with Crippen molar-refractivity contribution in [1.29, 1.82) is 0 Å². The summed E-state index contributed by atoms with van der Waals surface area (Å²) >= 11 is 0. The first-order chi connectivity index (χ1) is 16.3. The molecule has 2 aromatic rings. The Morgan fingerprint density at radius 2 is 1.36 bits per heavy atom. The number of hydrogen-bond acceptors (Lipinski definition) is 3. The second-order valence-electron chi connectivity index (χ2n) is 8.66. The molecule has 0 atom stereocenters. The Balaban J connectivity index is 0.00000149. The summed E-state index contributed by atoms with van der Waals surface area (Å²) in [7, 11) is 1.87. The second-order valence-corrected chi connectivity index (χ2v) is 8.66. The molecule has 1 saturated heterocycles. The van der Waals surface area contributed by atoms with E-state index in [-0.39, 0.29) is 0 Å². The van der Waals surface area contributed by atoms with E-state index in [4.69, 9.17) is 0 Å². The zero-order chi connectivity index (χ0) is 23.5. The van der Waals surface area contributed by atoms with Crippen molar-refractivity contribution in [2.75, 3.05) is 33.2 Å². The van der Waals surface area contributed by atoms with Gasteiger partial charge >= 0.3 is 0 Å². The largest absolute Gasteiger partial charge is 0.369 e. The lowest BCUT2D eigenvalue weighted by Gasteiger charge is -2.42. The summed E-state index contributed by atoms with van der Waals surface area (Å²) in [5, 5.41) is 0. The van der Waals surface area contributed by atoms with Gasteiger partial charge in [-0.1, -0.05) is 100 Å². The van der Waals surface area contributed by atoms with E-state index < -0.39 is 0 Å². The topological polar surface area (TPSA) is 18.8 Å². The van der Waals surface area contributed by atoms with Gasteiger partial charge < -0.3 is 4.90 Å². The van der Waals surface area contributed by atoms with Crippen LogP contribution in [0.2, 0.25) is 0 Å². The minimum absolute atomic E-state index is 0.796. The third kappa shape index (κ3) is 6.68. The van der Waals surface area contributed by atoms with E-state index in [0.717, 1.165) is 54.8 Å². The van der Waals surface area contributed by atoms with Crippen LogP contribution in [0, 0.1) is 0 Å². The van der Waals surface area contributed by atoms with Crippen molar-refractivity contribution >= 4 is 11.3 Å². The molecule has 4 rings (SSSR count). The molecule has 0 spiro atoms. The monoisotopic (exact) mass is 443 g/mol. The van der Waals surface area contributed by atoms with Crippen molar-refractivity contribution in [3.63, 3.8) is 0 Å². The maximum Gasteiger partial charge on any atom is 0.0650 e. The highest BCUT2D eigenvalue weighted by Crippen LogP contribution is 2.29. The SMILES string of the molecule is C=C(/C(=C\C(=NC)c1ccccc1)c1ccccc1)N1CCN(C2CCCCC2)CC1.CC. The number of nitrogens with zero attached hydrogens (tertiary/aromatic N) is 3. The lowest BCUT2D eigenvalue weighted by Crippen LogP contribution is -2.50. The Labute approximate surface area is 201 Å². The van der Waals surface area contributed by atoms with Gasteiger partial charge in [0.05, 0.1) is 5.71 Å². The van der Waals surface area contributed by atoms with Gasteiger partial charge in [0.1, 0.15) is 0 Å². The number of aliphatic imine (C=N–C) groups is 1. The lowest BCUT2D eigenvalue weighted by atomic mass is 9.93. The van der Waals surface area contributed by atoms with E-state index >= 15 is 0 Å². The maximum atomic E-state index is 4.60. The highest BCUT2D eigenvalue weighted by molar-refractivity contribution is 6.13. The number of piperazine rings is 1. The van der Waals surface area contributed by atoms with Crippen molar-refractivity contribution in [3.8, 4) is 0 Å². The van der Waals surface area contributed by atoms with Gasteiger partial charge in [0.15, 0.2) is 0 Å². The lowest BCUT2D eigenvalue weighted by molar-refractivity contribution is 0.0966. The molecule has 0 unspecified atom stereocenters. The average molecular weight is 444 g/mol. The van der Waals surface area contributed by atoms with Crippen LogP contribution < -0.4 is 0 Å². The summed E-state index contributed by atoms with van der Waals surface area (Å²) in [6, 6.07) is 21.8. The molecule has 3 heteroatoms. The molecule has 2 aromatic carbocycles. The van der Waals surface area contributed by atoms with Gasteiger partial charge in [-0.05, 0) is 30.0 Å². The van der Waals surface area contributed by atoms with E-state index in [9.17, 15) is 0 Å². The predicted octanol–water partition coefficient (Wildman–Crippen LogP) is 6.68. The highest BCUT2D eigenvalue weighted by Gasteiger charge is 2.26. The zero-order valence-corrected chi connectivity index (χ0v) is 20.8. The standard InChI is InChI=1S/C28H35N3.C2H6/c1-23(30-18-20-31(21-19-30)26-16-10-5-11-17-26)27(24-12-6-3-7-13-24)22-28(29-2)25-14-8-4-9-15-25;1-2/h3-4,6-9,12-15,22,26H,1,5,10-11,16-21H2,2H3;1-2H3/b27-22+,29-28?;. The Hall–Kier alpha value is -2.65. The van der Waals surface area contributed by atoms with Gasteiger partial charge in [-0.25, -0.2) is 0 Å². The molecule has 3 nitrogen and oxygen atoms in total. The van der Waals surface area contributed by atoms with Gasteiger partial charge in [0, 0.05) is 50.5 Å². The van der Waals surface area contributed by atoms with Crippen LogP contribution in [0.15, 0.2) is 84.0 Å². The van der Waals surface area contributed by atoms with E-state index in [1.54, 1.807) is 0 Å². The Bertz CT molecular complexity index is 900. The normalized spacial score (nSPS) is 18.5. The highest BCUT2D eigenvalue weighted by atomic mass is 15.3. The number of allylic oxidation sites excluding steroid dienone is 2. The van der Waals surface area contributed by atoms with Crippen LogP contribution in [0.1, 0.15) is 57.1 Å². The molecule has 2 aliphatic rings. The molecule has 0 bridgehead atoms. The maximum absolute atomic E-state index is 4.60. The predicted molar refractivity (Wildman–Crippen MR) is 144 cm³/mol. The molecule has 33 heavy (non-hydrogen) atoms. The molecule has 176 valence electrons. The van der Waals surface area contributed by atoms with Gasteiger partial charge in [0.2, 0.25) is 0 Å². The number of hydrogen-bond donors (Lipinski definition) is 0. The van der Waals surface area contributed by atoms with Crippen molar-refractivity contribution in [1.82, 2.24) is 9.80 Å². The van der Waals surface area contributed by atoms with Crippen LogP contribution in [0.3, 0.4) is 0 Å². The molecule has 0 radical (unpaired) electrons. The third-order valence-corrected chi connectivity index (χ3v) is 6.77. The van der Waals surface area contributed by atoms with Gasteiger partial charge in [-0.3, -0.25) is 9.89 Å². The fourth-order valence-corrected chi connectivity index (χ4v) is 4.95. The molecular weight excluding hydrogens is 402 g/mol. The van der Waals surface area contributed by atoms with Crippen LogP contribution in [-0.2, 0) is 0 Å². The van der Waals surface area contributed by atoms with Crippen LogP contribution in [0.5, 0.6) is 0 Å². The van der Waals surface area contributed by atoms with E-state index in [1.165, 1.54) is 37.7 Å². The zero-order valence-electron chi connectivity index (χ0n) is 20.8. The third-order valence-electron chi connectivity index (χ3n) is 6.77. The number of rotatable bonds is 6. The average Bonchev–Trinajstić information content (AvgIpc) is 2.92.